The van der Waals surface area contributed by atoms with E-state index < -0.39 is 11.5 Å². The Bertz CT molecular complexity index is 1140. The first kappa shape index (κ1) is 21.2. The van der Waals surface area contributed by atoms with Crippen LogP contribution in [0, 0.1) is 13.8 Å². The Morgan fingerprint density at radius 3 is 2.52 bits per heavy atom. The molecule has 0 bridgehead atoms. The molecule has 0 aliphatic rings. The Labute approximate surface area is 175 Å². The average molecular weight is 413 g/mol. The maximum Gasteiger partial charge on any atom is 0.331 e. The third kappa shape index (κ3) is 3.62. The fraction of sp³-hybridized carbons (Fsp3) is 0.435. The van der Waals surface area contributed by atoms with E-state index in [1.165, 1.54) is 27.0 Å². The molecule has 0 spiro atoms. The predicted octanol–water partition coefficient (Wildman–Crippen LogP) is 5.16. The van der Waals surface area contributed by atoms with E-state index in [4.69, 9.17) is 9.72 Å². The summed E-state index contributed by atoms with van der Waals surface area (Å²) in [5, 5.41) is 2.54. The van der Waals surface area contributed by atoms with Gasteiger partial charge >= 0.3 is 5.97 Å². The van der Waals surface area contributed by atoms with Gasteiger partial charge in [-0.05, 0) is 51.3 Å². The zero-order chi connectivity index (χ0) is 21.5. The van der Waals surface area contributed by atoms with E-state index in [2.05, 4.69) is 26.0 Å². The zero-order valence-electron chi connectivity index (χ0n) is 18.1. The second kappa shape index (κ2) is 7.75. The molecule has 0 atom stereocenters. The van der Waals surface area contributed by atoms with Gasteiger partial charge in [-0.1, -0.05) is 32.0 Å². The van der Waals surface area contributed by atoms with E-state index in [1.54, 1.807) is 20.8 Å². The lowest BCUT2D eigenvalue weighted by Crippen LogP contribution is -2.46. The molecule has 0 unspecified atom stereocenters. The molecule has 0 aliphatic carbocycles. The topological polar surface area (TPSA) is 61.2 Å². The van der Waals surface area contributed by atoms with E-state index in [9.17, 15) is 9.59 Å². The number of nitrogens with zero attached hydrogens (tertiary/aromatic N) is 2. The highest BCUT2D eigenvalue weighted by molar-refractivity contribution is 7.17. The minimum Gasteiger partial charge on any atom is -0.464 e. The van der Waals surface area contributed by atoms with Crippen LogP contribution in [0.25, 0.3) is 21.3 Å². The summed E-state index contributed by atoms with van der Waals surface area (Å²) in [6.45, 7) is 13.5. The Morgan fingerprint density at radius 2 is 1.93 bits per heavy atom. The highest BCUT2D eigenvalue weighted by Crippen LogP contribution is 2.34. The lowest BCUT2D eigenvalue weighted by Gasteiger charge is -2.28. The lowest BCUT2D eigenvalue weighted by atomic mass is 9.99. The van der Waals surface area contributed by atoms with E-state index in [-0.39, 0.29) is 18.1 Å². The number of rotatable bonds is 5. The first-order chi connectivity index (χ1) is 13.6. The molecule has 0 radical (unpaired) electrons. The molecule has 0 saturated carbocycles. The number of esters is 1. The van der Waals surface area contributed by atoms with Crippen LogP contribution in [0.3, 0.4) is 0 Å². The van der Waals surface area contributed by atoms with Gasteiger partial charge in [-0.15, -0.1) is 11.3 Å². The number of aromatic nitrogens is 2. The first-order valence-electron chi connectivity index (χ1n) is 9.89. The van der Waals surface area contributed by atoms with E-state index in [1.807, 2.05) is 25.3 Å². The Morgan fingerprint density at radius 1 is 1.24 bits per heavy atom. The van der Waals surface area contributed by atoms with Crippen LogP contribution in [-0.2, 0) is 15.1 Å². The molecule has 154 valence electrons. The summed E-state index contributed by atoms with van der Waals surface area (Å²) < 4.78 is 6.79. The number of aryl methyl sites for hydroxylation is 2. The Kier molecular flexibility index (Phi) is 5.68. The van der Waals surface area contributed by atoms with Crippen molar-refractivity contribution >= 4 is 27.5 Å². The molecule has 1 aromatic carbocycles. The van der Waals surface area contributed by atoms with Crippen LogP contribution in [0.2, 0.25) is 0 Å². The first-order valence-corrected chi connectivity index (χ1v) is 10.8. The maximum absolute atomic E-state index is 13.7. The van der Waals surface area contributed by atoms with Crippen molar-refractivity contribution < 1.29 is 9.53 Å². The summed E-state index contributed by atoms with van der Waals surface area (Å²) in [7, 11) is 0. The minimum atomic E-state index is -1.16. The summed E-state index contributed by atoms with van der Waals surface area (Å²) in [6, 6.07) is 6.18. The lowest BCUT2D eigenvalue weighted by molar-refractivity contribution is -0.152. The van der Waals surface area contributed by atoms with Gasteiger partial charge in [0.05, 0.1) is 12.0 Å². The molecule has 5 nitrogen and oxygen atoms in total. The number of ether oxygens (including phenoxy) is 1. The van der Waals surface area contributed by atoms with E-state index in [0.29, 0.717) is 16.0 Å². The van der Waals surface area contributed by atoms with Crippen molar-refractivity contribution in [2.75, 3.05) is 6.61 Å². The maximum atomic E-state index is 13.7. The Hall–Kier alpha value is -2.47. The smallest absolute Gasteiger partial charge is 0.331 e. The van der Waals surface area contributed by atoms with Crippen molar-refractivity contribution in [2.45, 2.75) is 59.9 Å². The highest BCUT2D eigenvalue weighted by Gasteiger charge is 2.36. The largest absolute Gasteiger partial charge is 0.464 e. The molecule has 2 aromatic heterocycles. The van der Waals surface area contributed by atoms with Crippen LogP contribution in [0.4, 0.5) is 0 Å². The summed E-state index contributed by atoms with van der Waals surface area (Å²) in [6.07, 6.45) is 0. The quantitative estimate of drug-likeness (QED) is 0.543. The summed E-state index contributed by atoms with van der Waals surface area (Å²) >= 11 is 1.46. The molecule has 2 heterocycles. The average Bonchev–Trinajstić information content (AvgIpc) is 3.08. The number of hydrogen-bond acceptors (Lipinski definition) is 5. The molecule has 0 N–H and O–H groups in total. The van der Waals surface area contributed by atoms with Gasteiger partial charge in [0.15, 0.2) is 0 Å². The minimum absolute atomic E-state index is 0.0204. The number of carbonyl (C=O) groups is 1. The van der Waals surface area contributed by atoms with Gasteiger partial charge in [0.2, 0.25) is 0 Å². The highest BCUT2D eigenvalue weighted by atomic mass is 32.1. The van der Waals surface area contributed by atoms with Crippen molar-refractivity contribution in [3.05, 3.63) is 50.9 Å². The second-order valence-corrected chi connectivity index (χ2v) is 9.03. The van der Waals surface area contributed by atoms with Crippen LogP contribution in [0.15, 0.2) is 28.4 Å². The van der Waals surface area contributed by atoms with E-state index >= 15 is 0 Å². The van der Waals surface area contributed by atoms with Crippen molar-refractivity contribution in [2.24, 2.45) is 0 Å². The summed E-state index contributed by atoms with van der Waals surface area (Å²) in [5.41, 5.74) is 2.85. The van der Waals surface area contributed by atoms with E-state index in [0.717, 1.165) is 11.1 Å². The normalized spacial score (nSPS) is 12.0. The third-order valence-electron chi connectivity index (χ3n) is 5.30. The van der Waals surface area contributed by atoms with Crippen LogP contribution < -0.4 is 5.56 Å². The van der Waals surface area contributed by atoms with Gasteiger partial charge in [-0.25, -0.2) is 9.78 Å². The van der Waals surface area contributed by atoms with Gasteiger partial charge in [-0.2, -0.15) is 0 Å². The number of thiophene rings is 1. The van der Waals surface area contributed by atoms with Gasteiger partial charge in [-0.3, -0.25) is 9.36 Å². The van der Waals surface area contributed by atoms with Crippen LogP contribution >= 0.6 is 11.3 Å². The fourth-order valence-electron chi connectivity index (χ4n) is 3.45. The molecular formula is C23H28N2O3S. The van der Waals surface area contributed by atoms with Crippen molar-refractivity contribution in [3.8, 4) is 11.1 Å². The second-order valence-electron chi connectivity index (χ2n) is 8.17. The monoisotopic (exact) mass is 412 g/mol. The number of hydrogen-bond donors (Lipinski definition) is 0. The number of fused-ring (bicyclic) bond motifs is 1. The third-order valence-corrected chi connectivity index (χ3v) is 6.17. The van der Waals surface area contributed by atoms with Gasteiger partial charge < -0.3 is 4.74 Å². The molecule has 0 saturated heterocycles. The standard InChI is InChI=1S/C23H28N2O3S/c1-8-28-22(27)23(6,7)25-19(13(2)3)24-20-18(21(25)26)17(12-29-20)16-10-9-14(4)15(5)11-16/h9-13H,8H2,1-7H3. The molecule has 0 aliphatic heterocycles. The molecule has 3 aromatic rings. The summed E-state index contributed by atoms with van der Waals surface area (Å²) in [5.74, 6) is 0.134. The van der Waals surface area contributed by atoms with Crippen molar-refractivity contribution in [1.82, 2.24) is 9.55 Å². The molecule has 6 heteroatoms. The SMILES string of the molecule is CCOC(=O)C(C)(C)n1c(C(C)C)nc2scc(-c3ccc(C)c(C)c3)c2c1=O. The Balaban J connectivity index is 2.35. The molecule has 0 amide bonds. The number of carbonyl (C=O) groups excluding carboxylic acids is 1. The van der Waals surface area contributed by atoms with Gasteiger partial charge in [0, 0.05) is 16.9 Å². The van der Waals surface area contributed by atoms with Gasteiger partial charge in [0.25, 0.3) is 5.56 Å². The molecule has 3 rings (SSSR count). The van der Waals surface area contributed by atoms with Crippen LogP contribution in [-0.4, -0.2) is 22.1 Å². The van der Waals surface area contributed by atoms with Crippen molar-refractivity contribution in [1.29, 1.82) is 0 Å². The molecule has 29 heavy (non-hydrogen) atoms. The summed E-state index contributed by atoms with van der Waals surface area (Å²) in [4.78, 5) is 31.9. The molecular weight excluding hydrogens is 384 g/mol. The van der Waals surface area contributed by atoms with Crippen molar-refractivity contribution in [3.63, 3.8) is 0 Å². The van der Waals surface area contributed by atoms with Crippen LogP contribution in [0.1, 0.15) is 57.5 Å². The van der Waals surface area contributed by atoms with Gasteiger partial charge in [0.1, 0.15) is 16.2 Å². The number of benzene rings is 1. The predicted molar refractivity (Wildman–Crippen MR) is 119 cm³/mol. The fourth-order valence-corrected chi connectivity index (χ4v) is 4.40. The molecule has 0 fully saturated rings. The zero-order valence-corrected chi connectivity index (χ0v) is 18.9. The van der Waals surface area contributed by atoms with Crippen LogP contribution in [0.5, 0.6) is 0 Å².